The first-order chi connectivity index (χ1) is 12.6. The third kappa shape index (κ3) is 9.30. The van der Waals surface area contributed by atoms with Gasteiger partial charge in [0.05, 0.1) is 6.54 Å². The molecule has 27 heavy (non-hydrogen) atoms. The van der Waals surface area contributed by atoms with Crippen molar-refractivity contribution in [2.45, 2.75) is 66.2 Å². The second-order valence-corrected chi connectivity index (χ2v) is 7.87. The monoisotopic (exact) mass is 381 g/mol. The number of carbonyl (C=O) groups is 1. The van der Waals surface area contributed by atoms with E-state index in [2.05, 4.69) is 39.5 Å². The van der Waals surface area contributed by atoms with Crippen LogP contribution in [0.4, 0.5) is 4.79 Å². The summed E-state index contributed by atoms with van der Waals surface area (Å²) in [7, 11) is 1.98. The standard InChI is InChI=1S/C19H35N5O3/c1-8-20-17(21-13-15-10-12-26-23-15)24(7)11-9-16(14(2)3)22-18(25)27-19(4,5)6/h10,12,14,16H,8-9,11,13H2,1-7H3,(H,20,21)(H,22,25). The number of amides is 1. The van der Waals surface area contributed by atoms with E-state index in [0.717, 1.165) is 31.2 Å². The third-order valence-corrected chi connectivity index (χ3v) is 3.86. The number of aliphatic imine (C=N–C) groups is 1. The van der Waals surface area contributed by atoms with Crippen LogP contribution >= 0.6 is 0 Å². The third-order valence-electron chi connectivity index (χ3n) is 3.86. The molecule has 0 saturated carbocycles. The van der Waals surface area contributed by atoms with Crippen LogP contribution < -0.4 is 10.6 Å². The average Bonchev–Trinajstić information content (AvgIpc) is 3.06. The maximum atomic E-state index is 12.1. The Balaban J connectivity index is 2.62. The number of guanidine groups is 1. The number of nitrogens with zero attached hydrogens (tertiary/aromatic N) is 3. The van der Waals surface area contributed by atoms with Crippen molar-refractivity contribution in [3.05, 3.63) is 18.0 Å². The zero-order chi connectivity index (χ0) is 20.4. The number of rotatable bonds is 8. The summed E-state index contributed by atoms with van der Waals surface area (Å²) in [6, 6.07) is 1.81. The molecule has 0 bridgehead atoms. The van der Waals surface area contributed by atoms with Crippen LogP contribution in [0.2, 0.25) is 0 Å². The molecular weight excluding hydrogens is 346 g/mol. The zero-order valence-electron chi connectivity index (χ0n) is 17.7. The van der Waals surface area contributed by atoms with Crippen LogP contribution in [-0.4, -0.2) is 53.9 Å². The molecule has 0 aromatic carbocycles. The number of alkyl carbamates (subject to hydrolysis) is 1. The van der Waals surface area contributed by atoms with Gasteiger partial charge < -0.3 is 24.8 Å². The predicted octanol–water partition coefficient (Wildman–Crippen LogP) is 3.01. The molecule has 0 aliphatic heterocycles. The van der Waals surface area contributed by atoms with Crippen molar-refractivity contribution in [2.75, 3.05) is 20.1 Å². The van der Waals surface area contributed by atoms with E-state index in [0.29, 0.717) is 12.5 Å². The second kappa shape index (κ2) is 10.8. The smallest absolute Gasteiger partial charge is 0.407 e. The van der Waals surface area contributed by atoms with Crippen LogP contribution in [0.3, 0.4) is 0 Å². The first kappa shape index (κ1) is 22.8. The Hall–Kier alpha value is -2.25. The Kier molecular flexibility index (Phi) is 9.11. The van der Waals surface area contributed by atoms with Gasteiger partial charge in [-0.1, -0.05) is 19.0 Å². The number of carbonyl (C=O) groups excluding carboxylic acids is 1. The quantitative estimate of drug-likeness (QED) is 0.531. The molecule has 1 rings (SSSR count). The van der Waals surface area contributed by atoms with E-state index in [9.17, 15) is 4.79 Å². The lowest BCUT2D eigenvalue weighted by Crippen LogP contribution is -2.45. The summed E-state index contributed by atoms with van der Waals surface area (Å²) in [5.41, 5.74) is 0.277. The van der Waals surface area contributed by atoms with Gasteiger partial charge in [-0.05, 0) is 40.0 Å². The van der Waals surface area contributed by atoms with Gasteiger partial charge in [-0.3, -0.25) is 0 Å². The Morgan fingerprint density at radius 2 is 2.11 bits per heavy atom. The van der Waals surface area contributed by atoms with Crippen molar-refractivity contribution in [2.24, 2.45) is 10.9 Å². The van der Waals surface area contributed by atoms with Gasteiger partial charge in [0.2, 0.25) is 0 Å². The van der Waals surface area contributed by atoms with Gasteiger partial charge in [-0.15, -0.1) is 0 Å². The number of hydrogen-bond donors (Lipinski definition) is 2. The molecule has 0 aliphatic carbocycles. The van der Waals surface area contributed by atoms with Crippen molar-refractivity contribution in [1.82, 2.24) is 20.7 Å². The van der Waals surface area contributed by atoms with Gasteiger partial charge in [0.25, 0.3) is 0 Å². The summed E-state index contributed by atoms with van der Waals surface area (Å²) in [6.45, 7) is 13.7. The lowest BCUT2D eigenvalue weighted by Gasteiger charge is -2.28. The fraction of sp³-hybridized carbons (Fsp3) is 0.737. The Morgan fingerprint density at radius 1 is 1.41 bits per heavy atom. The highest BCUT2D eigenvalue weighted by Crippen LogP contribution is 2.11. The highest BCUT2D eigenvalue weighted by molar-refractivity contribution is 5.79. The van der Waals surface area contributed by atoms with Crippen LogP contribution in [0.25, 0.3) is 0 Å². The molecule has 0 fully saturated rings. The number of ether oxygens (including phenoxy) is 1. The van der Waals surface area contributed by atoms with Gasteiger partial charge in [-0.25, -0.2) is 9.79 Å². The molecular formula is C19H35N5O3. The minimum absolute atomic E-state index is 0.0146. The molecule has 2 N–H and O–H groups in total. The van der Waals surface area contributed by atoms with Crippen LogP contribution in [0.5, 0.6) is 0 Å². The molecule has 8 heteroatoms. The molecule has 8 nitrogen and oxygen atoms in total. The molecule has 1 atom stereocenters. The molecule has 1 aromatic rings. The first-order valence-electron chi connectivity index (χ1n) is 9.50. The largest absolute Gasteiger partial charge is 0.444 e. The van der Waals surface area contributed by atoms with E-state index in [1.165, 1.54) is 6.26 Å². The van der Waals surface area contributed by atoms with Crippen molar-refractivity contribution >= 4 is 12.1 Å². The van der Waals surface area contributed by atoms with Crippen LogP contribution in [0.1, 0.15) is 53.7 Å². The van der Waals surface area contributed by atoms with Crippen molar-refractivity contribution in [1.29, 1.82) is 0 Å². The average molecular weight is 382 g/mol. The summed E-state index contributed by atoms with van der Waals surface area (Å²) in [4.78, 5) is 18.7. The van der Waals surface area contributed by atoms with Gasteiger partial charge in [0.1, 0.15) is 17.6 Å². The molecule has 0 aliphatic rings. The first-order valence-corrected chi connectivity index (χ1v) is 9.50. The zero-order valence-corrected chi connectivity index (χ0v) is 17.7. The van der Waals surface area contributed by atoms with E-state index >= 15 is 0 Å². The molecule has 0 spiro atoms. The van der Waals surface area contributed by atoms with E-state index < -0.39 is 5.60 Å². The van der Waals surface area contributed by atoms with Crippen molar-refractivity contribution in [3.8, 4) is 0 Å². The van der Waals surface area contributed by atoms with Crippen LogP contribution in [0.15, 0.2) is 21.8 Å². The van der Waals surface area contributed by atoms with E-state index in [4.69, 9.17) is 9.26 Å². The summed E-state index contributed by atoms with van der Waals surface area (Å²) < 4.78 is 10.2. The molecule has 0 saturated heterocycles. The Labute approximate surface area is 162 Å². The minimum Gasteiger partial charge on any atom is -0.444 e. The fourth-order valence-electron chi connectivity index (χ4n) is 2.41. The van der Waals surface area contributed by atoms with Gasteiger partial charge in [0, 0.05) is 32.2 Å². The number of hydrogen-bond acceptors (Lipinski definition) is 5. The van der Waals surface area contributed by atoms with E-state index in [1.807, 2.05) is 34.7 Å². The summed E-state index contributed by atoms with van der Waals surface area (Å²) in [5.74, 6) is 1.08. The highest BCUT2D eigenvalue weighted by Gasteiger charge is 2.22. The summed E-state index contributed by atoms with van der Waals surface area (Å²) >= 11 is 0. The van der Waals surface area contributed by atoms with Crippen molar-refractivity contribution < 1.29 is 14.1 Å². The van der Waals surface area contributed by atoms with Crippen molar-refractivity contribution in [3.63, 3.8) is 0 Å². The lowest BCUT2D eigenvalue weighted by molar-refractivity contribution is 0.0486. The molecule has 1 aromatic heterocycles. The van der Waals surface area contributed by atoms with E-state index in [1.54, 1.807) is 6.07 Å². The SMILES string of the molecule is CCNC(=NCc1ccon1)N(C)CCC(NC(=O)OC(C)(C)C)C(C)C. The maximum absolute atomic E-state index is 12.1. The topological polar surface area (TPSA) is 92.0 Å². The minimum atomic E-state index is -0.506. The fourth-order valence-corrected chi connectivity index (χ4v) is 2.41. The summed E-state index contributed by atoms with van der Waals surface area (Å²) in [5, 5.41) is 10.1. The maximum Gasteiger partial charge on any atom is 0.407 e. The van der Waals surface area contributed by atoms with Crippen LogP contribution in [0, 0.1) is 5.92 Å². The van der Waals surface area contributed by atoms with E-state index in [-0.39, 0.29) is 12.1 Å². The van der Waals surface area contributed by atoms with Crippen LogP contribution in [-0.2, 0) is 11.3 Å². The molecule has 154 valence electrons. The Morgan fingerprint density at radius 3 is 2.63 bits per heavy atom. The molecule has 1 unspecified atom stereocenters. The second-order valence-electron chi connectivity index (χ2n) is 7.87. The number of nitrogens with one attached hydrogen (secondary N) is 2. The number of aromatic nitrogens is 1. The molecule has 1 heterocycles. The normalized spacial score (nSPS) is 13.4. The summed E-state index contributed by atoms with van der Waals surface area (Å²) in [6.07, 6.45) is 1.94. The van der Waals surface area contributed by atoms with Gasteiger partial charge in [0.15, 0.2) is 5.96 Å². The Bertz CT molecular complexity index is 579. The lowest BCUT2D eigenvalue weighted by atomic mass is 10.0. The molecule has 1 amide bonds. The van der Waals surface area contributed by atoms with Gasteiger partial charge >= 0.3 is 6.09 Å². The molecule has 0 radical (unpaired) electrons. The predicted molar refractivity (Wildman–Crippen MR) is 107 cm³/mol. The highest BCUT2D eigenvalue weighted by atomic mass is 16.6. The van der Waals surface area contributed by atoms with Gasteiger partial charge in [-0.2, -0.15) is 0 Å².